The number of ether oxygens (including phenoxy) is 1. The molecule has 1 atom stereocenters. The Labute approximate surface area is 165 Å². The van der Waals surface area contributed by atoms with Crippen molar-refractivity contribution in [1.82, 2.24) is 20.3 Å². The first-order chi connectivity index (χ1) is 13.8. The highest BCUT2D eigenvalue weighted by molar-refractivity contribution is 6.08. The molecule has 1 aromatic carbocycles. The number of nitrogens with zero attached hydrogens (tertiary/aromatic N) is 3. The zero-order valence-corrected chi connectivity index (χ0v) is 16.0. The number of carbonyl (C=O) groups is 1. The van der Waals surface area contributed by atoms with Crippen LogP contribution in [0.25, 0.3) is 11.0 Å². The van der Waals surface area contributed by atoms with Crippen molar-refractivity contribution in [3.8, 4) is 5.75 Å². The molecule has 8 nitrogen and oxygen atoms in total. The van der Waals surface area contributed by atoms with Crippen LogP contribution < -0.4 is 15.8 Å². The lowest BCUT2D eigenvalue weighted by Crippen LogP contribution is -2.44. The van der Waals surface area contributed by atoms with E-state index in [1.807, 2.05) is 0 Å². The Hall–Kier alpha value is -3.01. The van der Waals surface area contributed by atoms with E-state index in [4.69, 9.17) is 14.9 Å². The topological polar surface area (TPSA) is 108 Å². The number of fused-ring (bicyclic) bond motifs is 1. The van der Waals surface area contributed by atoms with Crippen LogP contribution in [-0.4, -0.2) is 39.9 Å². The number of furan rings is 1. The third-order valence-electron chi connectivity index (χ3n) is 5.29. The second-order valence-corrected chi connectivity index (χ2v) is 7.16. The molecule has 1 aliphatic rings. The van der Waals surface area contributed by atoms with Crippen LogP contribution in [0.15, 0.2) is 22.7 Å². The fourth-order valence-electron chi connectivity index (χ4n) is 3.87. The average Bonchev–Trinajstić information content (AvgIpc) is 3.21. The second kappa shape index (κ2) is 7.11. The number of benzene rings is 1. The Morgan fingerprint density at radius 3 is 2.93 bits per heavy atom. The van der Waals surface area contributed by atoms with Crippen LogP contribution in [0.1, 0.15) is 39.7 Å². The van der Waals surface area contributed by atoms with Crippen LogP contribution in [0.3, 0.4) is 0 Å². The van der Waals surface area contributed by atoms with Crippen molar-refractivity contribution in [3.05, 3.63) is 40.9 Å². The van der Waals surface area contributed by atoms with Gasteiger partial charge in [-0.3, -0.25) is 4.79 Å². The van der Waals surface area contributed by atoms with Gasteiger partial charge in [-0.1, -0.05) is 5.21 Å². The van der Waals surface area contributed by atoms with E-state index in [0.717, 1.165) is 0 Å². The van der Waals surface area contributed by atoms with Gasteiger partial charge in [0.1, 0.15) is 23.7 Å². The van der Waals surface area contributed by atoms with Crippen molar-refractivity contribution in [2.45, 2.75) is 31.8 Å². The summed E-state index contributed by atoms with van der Waals surface area (Å²) in [5.41, 5.74) is 6.91. The molecule has 0 aliphatic carbocycles. The Balaban J connectivity index is 1.89. The van der Waals surface area contributed by atoms with Crippen molar-refractivity contribution in [1.29, 1.82) is 0 Å². The Kier molecular flexibility index (Phi) is 4.73. The number of aryl methyl sites for hydroxylation is 2. The molecule has 3 heterocycles. The quantitative estimate of drug-likeness (QED) is 0.674. The van der Waals surface area contributed by atoms with E-state index in [1.54, 1.807) is 26.1 Å². The van der Waals surface area contributed by atoms with Crippen molar-refractivity contribution in [2.24, 2.45) is 12.8 Å². The van der Waals surface area contributed by atoms with Gasteiger partial charge >= 0.3 is 0 Å². The fourth-order valence-corrected chi connectivity index (χ4v) is 3.87. The molecule has 29 heavy (non-hydrogen) atoms. The molecule has 1 aliphatic heterocycles. The summed E-state index contributed by atoms with van der Waals surface area (Å²) in [5.74, 6) is -4.36. The van der Waals surface area contributed by atoms with Crippen LogP contribution >= 0.6 is 0 Å². The summed E-state index contributed by atoms with van der Waals surface area (Å²) in [5, 5.41) is 10.6. The molecule has 2 aromatic heterocycles. The summed E-state index contributed by atoms with van der Waals surface area (Å²) < 4.78 is 42.9. The lowest BCUT2D eigenvalue weighted by molar-refractivity contribution is -0.0423. The van der Waals surface area contributed by atoms with E-state index in [-0.39, 0.29) is 29.9 Å². The highest BCUT2D eigenvalue weighted by Crippen LogP contribution is 2.47. The number of halogens is 2. The smallest absolute Gasteiger partial charge is 0.267 e. The van der Waals surface area contributed by atoms with Crippen LogP contribution in [0, 0.1) is 6.92 Å². The standard InChI is InChI=1S/C19H21F2N5O3/c1-10-15(18(22)27)17-14(29-10)4-3-13(28-8-11-7-24-25-26(11)2)16(17)12-5-6-23-9-19(12,20)21/h3-4,7,12,23H,5-6,8-9H2,1-2H3,(H2,22,27). The van der Waals surface area contributed by atoms with Gasteiger partial charge in [0.05, 0.1) is 29.9 Å². The van der Waals surface area contributed by atoms with Gasteiger partial charge < -0.3 is 20.2 Å². The van der Waals surface area contributed by atoms with Crippen molar-refractivity contribution >= 4 is 16.9 Å². The van der Waals surface area contributed by atoms with Gasteiger partial charge in [-0.05, 0) is 32.0 Å². The molecule has 10 heteroatoms. The summed E-state index contributed by atoms with van der Waals surface area (Å²) in [7, 11) is 1.71. The minimum Gasteiger partial charge on any atom is -0.487 e. The lowest BCUT2D eigenvalue weighted by atomic mass is 9.83. The molecule has 1 amide bonds. The van der Waals surface area contributed by atoms with Gasteiger partial charge in [0.25, 0.3) is 11.8 Å². The van der Waals surface area contributed by atoms with Gasteiger partial charge in [-0.15, -0.1) is 5.10 Å². The maximum absolute atomic E-state index is 14.9. The van der Waals surface area contributed by atoms with Crippen LogP contribution in [0.5, 0.6) is 5.75 Å². The van der Waals surface area contributed by atoms with Gasteiger partial charge in [0.15, 0.2) is 0 Å². The Bertz CT molecular complexity index is 1080. The zero-order chi connectivity index (χ0) is 20.8. The van der Waals surface area contributed by atoms with E-state index in [0.29, 0.717) is 29.0 Å². The van der Waals surface area contributed by atoms with E-state index in [1.165, 1.54) is 10.9 Å². The number of nitrogens with two attached hydrogens (primary N) is 1. The predicted molar refractivity (Wildman–Crippen MR) is 100.0 cm³/mol. The Morgan fingerprint density at radius 1 is 1.48 bits per heavy atom. The van der Waals surface area contributed by atoms with Crippen molar-refractivity contribution in [3.63, 3.8) is 0 Å². The minimum atomic E-state index is -3.03. The highest BCUT2D eigenvalue weighted by Gasteiger charge is 2.45. The van der Waals surface area contributed by atoms with Crippen molar-refractivity contribution < 1.29 is 22.7 Å². The molecule has 0 radical (unpaired) electrons. The number of aromatic nitrogens is 3. The van der Waals surface area contributed by atoms with E-state index < -0.39 is 24.3 Å². The van der Waals surface area contributed by atoms with E-state index in [9.17, 15) is 13.6 Å². The maximum Gasteiger partial charge on any atom is 0.267 e. The number of rotatable bonds is 5. The first-order valence-corrected chi connectivity index (χ1v) is 9.20. The largest absolute Gasteiger partial charge is 0.487 e. The van der Waals surface area contributed by atoms with Crippen LogP contribution in [0.2, 0.25) is 0 Å². The van der Waals surface area contributed by atoms with Crippen molar-refractivity contribution in [2.75, 3.05) is 13.1 Å². The molecule has 1 fully saturated rings. The molecule has 1 saturated heterocycles. The fraction of sp³-hybridized carbons (Fsp3) is 0.421. The molecule has 0 saturated carbocycles. The molecule has 0 spiro atoms. The molecule has 3 N–H and O–H groups in total. The number of alkyl halides is 2. The number of primary amides is 1. The number of hydrogen-bond donors (Lipinski definition) is 2. The van der Waals surface area contributed by atoms with Gasteiger partial charge in [-0.25, -0.2) is 13.5 Å². The minimum absolute atomic E-state index is 0.0846. The second-order valence-electron chi connectivity index (χ2n) is 7.16. The SMILES string of the molecule is Cc1oc2ccc(OCc3cnnn3C)c(C3CCNCC3(F)F)c2c1C(N)=O. The first kappa shape index (κ1) is 19.3. The molecule has 1 unspecified atom stereocenters. The predicted octanol–water partition coefficient (Wildman–Crippen LogP) is 2.26. The first-order valence-electron chi connectivity index (χ1n) is 9.20. The van der Waals surface area contributed by atoms with Gasteiger partial charge in [-0.2, -0.15) is 0 Å². The molecular weight excluding hydrogens is 384 g/mol. The lowest BCUT2D eigenvalue weighted by Gasteiger charge is -2.33. The number of nitrogens with one attached hydrogen (secondary N) is 1. The maximum atomic E-state index is 14.9. The average molecular weight is 405 g/mol. The van der Waals surface area contributed by atoms with E-state index >= 15 is 0 Å². The number of carbonyl (C=O) groups excluding carboxylic acids is 1. The van der Waals surface area contributed by atoms with Crippen LogP contribution in [-0.2, 0) is 13.7 Å². The summed E-state index contributed by atoms with van der Waals surface area (Å²) in [6.07, 6.45) is 1.71. The molecule has 3 aromatic rings. The summed E-state index contributed by atoms with van der Waals surface area (Å²) in [6.45, 7) is 1.64. The number of piperidine rings is 1. The Morgan fingerprint density at radius 2 is 2.28 bits per heavy atom. The summed E-state index contributed by atoms with van der Waals surface area (Å²) >= 11 is 0. The van der Waals surface area contributed by atoms with Crippen LogP contribution in [0.4, 0.5) is 8.78 Å². The monoisotopic (exact) mass is 405 g/mol. The van der Waals surface area contributed by atoms with Gasteiger partial charge in [0.2, 0.25) is 0 Å². The third-order valence-corrected chi connectivity index (χ3v) is 5.29. The summed E-state index contributed by atoms with van der Waals surface area (Å²) in [4.78, 5) is 12.1. The molecule has 4 rings (SSSR count). The van der Waals surface area contributed by atoms with E-state index in [2.05, 4.69) is 15.6 Å². The van der Waals surface area contributed by atoms with Gasteiger partial charge in [0, 0.05) is 18.0 Å². The number of hydrogen-bond acceptors (Lipinski definition) is 6. The molecular formula is C19H21F2N5O3. The zero-order valence-electron chi connectivity index (χ0n) is 16.0. The third kappa shape index (κ3) is 3.33. The highest BCUT2D eigenvalue weighted by atomic mass is 19.3. The molecule has 154 valence electrons. The summed E-state index contributed by atoms with van der Waals surface area (Å²) in [6, 6.07) is 3.20. The normalized spacial score (nSPS) is 18.8. The number of amides is 1. The molecule has 0 bridgehead atoms.